The number of amides is 1. The summed E-state index contributed by atoms with van der Waals surface area (Å²) in [6.45, 7) is 2.58. The fraction of sp³-hybridized carbons (Fsp3) is 0.588. The highest BCUT2D eigenvalue weighted by molar-refractivity contribution is 7.90. The van der Waals surface area contributed by atoms with Crippen molar-refractivity contribution < 1.29 is 27.2 Å². The average Bonchev–Trinajstić information content (AvgIpc) is 2.60. The molecular formula is C17H24FN2O4S+. The Morgan fingerprint density at radius 2 is 1.88 bits per heavy atom. The van der Waals surface area contributed by atoms with E-state index in [-0.39, 0.29) is 17.4 Å². The van der Waals surface area contributed by atoms with E-state index >= 15 is 0 Å². The predicted octanol–water partition coefficient (Wildman–Crippen LogP) is 1.09. The standard InChI is InChI=1S/C17H23FN2O4S/c18-14-6-8-15(9-7-14)25(22,23)19-17(21)24-12-13-4-3-11-20-10-2-1-5-16(13)20/h6-9,13,16H,1-5,10-12H2,(H,19,21)/p+1/t13-,16-/m0/s1. The Balaban J connectivity index is 1.54. The van der Waals surface area contributed by atoms with Gasteiger partial charge in [-0.3, -0.25) is 0 Å². The fourth-order valence-corrected chi connectivity index (χ4v) is 4.86. The molecule has 2 N–H and O–H groups in total. The van der Waals surface area contributed by atoms with Crippen LogP contribution in [0.5, 0.6) is 0 Å². The number of benzene rings is 1. The lowest BCUT2D eigenvalue weighted by Crippen LogP contribution is -3.18. The van der Waals surface area contributed by atoms with E-state index in [0.717, 1.165) is 43.5 Å². The summed E-state index contributed by atoms with van der Waals surface area (Å²) in [6, 6.07) is 4.78. The molecule has 0 aromatic heterocycles. The second kappa shape index (κ2) is 7.70. The van der Waals surface area contributed by atoms with Crippen molar-refractivity contribution in [2.75, 3.05) is 19.7 Å². The van der Waals surface area contributed by atoms with Crippen LogP contribution in [0.1, 0.15) is 32.1 Å². The van der Waals surface area contributed by atoms with E-state index in [4.69, 9.17) is 4.74 Å². The van der Waals surface area contributed by atoms with E-state index in [9.17, 15) is 17.6 Å². The summed E-state index contributed by atoms with van der Waals surface area (Å²) in [5.41, 5.74) is 0. The zero-order valence-corrected chi connectivity index (χ0v) is 14.9. The zero-order chi connectivity index (χ0) is 17.9. The Bertz CT molecular complexity index is 706. The average molecular weight is 371 g/mol. The number of carbonyl (C=O) groups excluding carboxylic acids is 1. The third-order valence-corrected chi connectivity index (χ3v) is 6.53. The molecule has 3 rings (SSSR count). The highest BCUT2D eigenvalue weighted by Gasteiger charge is 2.37. The molecule has 0 radical (unpaired) electrons. The molecule has 0 bridgehead atoms. The molecule has 2 aliphatic heterocycles. The molecule has 1 aromatic carbocycles. The number of piperidine rings is 2. The van der Waals surface area contributed by atoms with Crippen LogP contribution in [0.3, 0.4) is 0 Å². The molecule has 1 amide bonds. The second-order valence-corrected chi connectivity index (χ2v) is 8.50. The summed E-state index contributed by atoms with van der Waals surface area (Å²) in [6.07, 6.45) is 4.72. The van der Waals surface area contributed by atoms with Crippen molar-refractivity contribution in [3.63, 3.8) is 0 Å². The van der Waals surface area contributed by atoms with Crippen LogP contribution in [0.15, 0.2) is 29.2 Å². The number of quaternary nitrogens is 1. The number of hydrogen-bond acceptors (Lipinski definition) is 4. The van der Waals surface area contributed by atoms with Gasteiger partial charge in [-0.1, -0.05) is 0 Å². The van der Waals surface area contributed by atoms with Gasteiger partial charge in [-0.15, -0.1) is 0 Å². The van der Waals surface area contributed by atoms with Crippen LogP contribution in [-0.2, 0) is 14.8 Å². The maximum atomic E-state index is 12.9. The van der Waals surface area contributed by atoms with Gasteiger partial charge in [-0.2, -0.15) is 0 Å². The lowest BCUT2D eigenvalue weighted by atomic mass is 9.84. The Kier molecular flexibility index (Phi) is 5.58. The van der Waals surface area contributed by atoms with Crippen molar-refractivity contribution in [2.45, 2.75) is 43.0 Å². The fourth-order valence-electron chi connectivity index (χ4n) is 3.97. The van der Waals surface area contributed by atoms with E-state index in [1.54, 1.807) is 4.90 Å². The topological polar surface area (TPSA) is 76.9 Å². The maximum absolute atomic E-state index is 12.9. The summed E-state index contributed by atoms with van der Waals surface area (Å²) in [5, 5.41) is 0. The van der Waals surface area contributed by atoms with Crippen molar-refractivity contribution in [3.8, 4) is 0 Å². The van der Waals surface area contributed by atoms with Gasteiger partial charge in [-0.05, 0) is 56.4 Å². The van der Waals surface area contributed by atoms with Crippen LogP contribution in [0.25, 0.3) is 0 Å². The second-order valence-electron chi connectivity index (χ2n) is 6.82. The number of nitrogens with one attached hydrogen (secondary N) is 2. The quantitative estimate of drug-likeness (QED) is 0.831. The number of hydrogen-bond donors (Lipinski definition) is 2. The molecule has 2 aliphatic rings. The summed E-state index contributed by atoms with van der Waals surface area (Å²) in [7, 11) is -4.05. The van der Waals surface area contributed by atoms with Crippen molar-refractivity contribution in [1.29, 1.82) is 0 Å². The molecule has 25 heavy (non-hydrogen) atoms. The van der Waals surface area contributed by atoms with E-state index in [0.29, 0.717) is 6.04 Å². The molecule has 3 atom stereocenters. The molecule has 6 nitrogen and oxygen atoms in total. The number of halogens is 1. The molecule has 1 unspecified atom stereocenters. The van der Waals surface area contributed by atoms with E-state index < -0.39 is 21.9 Å². The van der Waals surface area contributed by atoms with Gasteiger partial charge in [0.15, 0.2) is 0 Å². The highest BCUT2D eigenvalue weighted by atomic mass is 32.2. The van der Waals surface area contributed by atoms with Crippen LogP contribution >= 0.6 is 0 Å². The molecule has 138 valence electrons. The van der Waals surface area contributed by atoms with Gasteiger partial charge in [0.05, 0.1) is 24.0 Å². The smallest absolute Gasteiger partial charge is 0.421 e. The number of sulfonamides is 1. The summed E-state index contributed by atoms with van der Waals surface area (Å²) < 4.78 is 44.2. The van der Waals surface area contributed by atoms with E-state index in [1.165, 1.54) is 25.9 Å². The summed E-state index contributed by atoms with van der Waals surface area (Å²) >= 11 is 0. The Morgan fingerprint density at radius 3 is 2.64 bits per heavy atom. The number of carbonyl (C=O) groups is 1. The third kappa shape index (κ3) is 4.49. The summed E-state index contributed by atoms with van der Waals surface area (Å²) in [4.78, 5) is 13.3. The Hall–Kier alpha value is -1.67. The molecule has 0 saturated carbocycles. The first-order valence-corrected chi connectivity index (χ1v) is 10.2. The van der Waals surface area contributed by atoms with Crippen molar-refractivity contribution >= 4 is 16.1 Å². The summed E-state index contributed by atoms with van der Waals surface area (Å²) in [5.74, 6) is -0.262. The van der Waals surface area contributed by atoms with Gasteiger partial charge in [0.25, 0.3) is 10.0 Å². The number of rotatable bonds is 4. The first-order valence-electron chi connectivity index (χ1n) is 8.75. The third-order valence-electron chi connectivity index (χ3n) is 5.20. The monoisotopic (exact) mass is 371 g/mol. The molecule has 8 heteroatoms. The van der Waals surface area contributed by atoms with E-state index in [2.05, 4.69) is 0 Å². The van der Waals surface area contributed by atoms with Crippen molar-refractivity contribution in [2.24, 2.45) is 5.92 Å². The van der Waals surface area contributed by atoms with Crippen molar-refractivity contribution in [3.05, 3.63) is 30.1 Å². The molecular weight excluding hydrogens is 347 g/mol. The van der Waals surface area contributed by atoms with Crippen LogP contribution in [0, 0.1) is 11.7 Å². The minimum absolute atomic E-state index is 0.175. The normalized spacial score (nSPS) is 26.5. The van der Waals surface area contributed by atoms with Gasteiger partial charge >= 0.3 is 6.09 Å². The minimum Gasteiger partial charge on any atom is -0.448 e. The molecule has 1 aromatic rings. The molecule has 2 fully saturated rings. The van der Waals surface area contributed by atoms with Gasteiger partial charge in [0.1, 0.15) is 12.4 Å². The lowest BCUT2D eigenvalue weighted by Gasteiger charge is -2.40. The van der Waals surface area contributed by atoms with Crippen LogP contribution in [-0.4, -0.2) is 40.2 Å². The largest absolute Gasteiger partial charge is 0.448 e. The Morgan fingerprint density at radius 1 is 1.16 bits per heavy atom. The first kappa shape index (κ1) is 18.1. The van der Waals surface area contributed by atoms with Gasteiger partial charge in [-0.25, -0.2) is 22.3 Å². The van der Waals surface area contributed by atoms with Crippen LogP contribution in [0.4, 0.5) is 9.18 Å². The SMILES string of the molecule is O=C(NS(=O)(=O)c1ccc(F)cc1)OC[C@@H]1CCC[NH+]2CCCC[C@@H]12. The Labute approximate surface area is 147 Å². The van der Waals surface area contributed by atoms with Crippen LogP contribution in [0.2, 0.25) is 0 Å². The first-order chi connectivity index (χ1) is 12.0. The lowest BCUT2D eigenvalue weighted by molar-refractivity contribution is -0.940. The molecule has 0 spiro atoms. The molecule has 2 heterocycles. The predicted molar refractivity (Wildman–Crippen MR) is 89.1 cm³/mol. The van der Waals surface area contributed by atoms with Crippen molar-refractivity contribution in [1.82, 2.24) is 4.72 Å². The highest BCUT2D eigenvalue weighted by Crippen LogP contribution is 2.20. The zero-order valence-electron chi connectivity index (χ0n) is 14.0. The minimum atomic E-state index is -4.05. The van der Waals surface area contributed by atoms with Crippen LogP contribution < -0.4 is 9.62 Å². The van der Waals surface area contributed by atoms with Gasteiger partial charge < -0.3 is 9.64 Å². The van der Waals surface area contributed by atoms with Gasteiger partial charge in [0, 0.05) is 5.92 Å². The number of ether oxygens (including phenoxy) is 1. The van der Waals surface area contributed by atoms with E-state index in [1.807, 2.05) is 4.72 Å². The maximum Gasteiger partial charge on any atom is 0.421 e. The van der Waals surface area contributed by atoms with Gasteiger partial charge in [0.2, 0.25) is 0 Å². The number of fused-ring (bicyclic) bond motifs is 1. The molecule has 0 aliphatic carbocycles. The molecule has 2 saturated heterocycles.